The minimum atomic E-state index is -0.0504. The van der Waals surface area contributed by atoms with E-state index in [0.29, 0.717) is 23.6 Å². The van der Waals surface area contributed by atoms with Crippen LogP contribution in [0.3, 0.4) is 0 Å². The van der Waals surface area contributed by atoms with Crippen LogP contribution in [0.1, 0.15) is 10.5 Å². The fraction of sp³-hybridized carbons (Fsp3) is 0.273. The van der Waals surface area contributed by atoms with Crippen LogP contribution in [0, 0.1) is 0 Å². The molecule has 78 valence electrons. The first kappa shape index (κ1) is 9.71. The van der Waals surface area contributed by atoms with Crippen molar-refractivity contribution in [2.45, 2.75) is 0 Å². The molecule has 4 nitrogen and oxygen atoms in total. The summed E-state index contributed by atoms with van der Waals surface area (Å²) < 4.78 is 5.43. The number of pyridine rings is 1. The summed E-state index contributed by atoms with van der Waals surface area (Å²) in [5, 5.41) is 0. The lowest BCUT2D eigenvalue weighted by Crippen LogP contribution is -2.22. The van der Waals surface area contributed by atoms with Crippen LogP contribution in [0.25, 0.3) is 0 Å². The molecular formula is C11H12N2O2. The second-order valence-electron chi connectivity index (χ2n) is 3.59. The second-order valence-corrected chi connectivity index (χ2v) is 3.59. The van der Waals surface area contributed by atoms with Gasteiger partial charge in [-0.1, -0.05) is 0 Å². The predicted molar refractivity (Wildman–Crippen MR) is 55.8 cm³/mol. The van der Waals surface area contributed by atoms with Gasteiger partial charge in [0, 0.05) is 26.5 Å². The number of ketones is 1. The van der Waals surface area contributed by atoms with E-state index in [4.69, 9.17) is 4.74 Å². The zero-order valence-electron chi connectivity index (χ0n) is 8.73. The Bertz CT molecular complexity index is 424. The zero-order chi connectivity index (χ0) is 10.8. The number of nitrogens with zero attached hydrogens (tertiary/aromatic N) is 2. The van der Waals surface area contributed by atoms with Gasteiger partial charge in [-0.2, -0.15) is 0 Å². The van der Waals surface area contributed by atoms with Gasteiger partial charge in [0.25, 0.3) is 0 Å². The van der Waals surface area contributed by atoms with E-state index >= 15 is 0 Å². The number of rotatable bonds is 1. The number of fused-ring (bicyclic) bond motifs is 1. The molecule has 2 rings (SSSR count). The number of hydrogen-bond donors (Lipinski definition) is 0. The molecule has 0 atom stereocenters. The minimum absolute atomic E-state index is 0.0504. The molecule has 0 aromatic carbocycles. The highest BCUT2D eigenvalue weighted by atomic mass is 16.5. The van der Waals surface area contributed by atoms with E-state index in [0.717, 1.165) is 0 Å². The summed E-state index contributed by atoms with van der Waals surface area (Å²) in [6, 6.07) is 3.51. The third kappa shape index (κ3) is 1.83. The molecule has 15 heavy (non-hydrogen) atoms. The Morgan fingerprint density at radius 1 is 1.53 bits per heavy atom. The van der Waals surface area contributed by atoms with E-state index < -0.39 is 0 Å². The lowest BCUT2D eigenvalue weighted by molar-refractivity contribution is 0.0991. The van der Waals surface area contributed by atoms with Crippen LogP contribution in [-0.4, -0.2) is 36.4 Å². The Labute approximate surface area is 88.2 Å². The Balaban J connectivity index is 2.38. The van der Waals surface area contributed by atoms with Crippen LogP contribution in [-0.2, 0) is 0 Å². The van der Waals surface area contributed by atoms with E-state index in [1.54, 1.807) is 24.5 Å². The van der Waals surface area contributed by atoms with Gasteiger partial charge < -0.3 is 9.64 Å². The summed E-state index contributed by atoms with van der Waals surface area (Å²) in [5.74, 6) is 0.518. The maximum absolute atomic E-state index is 11.9. The molecule has 0 bridgehead atoms. The molecule has 2 heterocycles. The summed E-state index contributed by atoms with van der Waals surface area (Å²) in [6.07, 6.45) is 3.36. The van der Waals surface area contributed by atoms with E-state index in [-0.39, 0.29) is 5.78 Å². The van der Waals surface area contributed by atoms with Crippen LogP contribution in [0.4, 0.5) is 0 Å². The summed E-state index contributed by atoms with van der Waals surface area (Å²) in [5.41, 5.74) is 1.03. The fourth-order valence-electron chi connectivity index (χ4n) is 1.46. The lowest BCUT2D eigenvalue weighted by Gasteiger charge is -2.18. The average Bonchev–Trinajstić information content (AvgIpc) is 2.22. The van der Waals surface area contributed by atoms with Gasteiger partial charge >= 0.3 is 0 Å². The van der Waals surface area contributed by atoms with E-state index in [1.807, 2.05) is 19.0 Å². The maximum Gasteiger partial charge on any atom is 0.216 e. The van der Waals surface area contributed by atoms with Crippen molar-refractivity contribution in [1.29, 1.82) is 0 Å². The fourth-order valence-corrected chi connectivity index (χ4v) is 1.46. The first-order valence-electron chi connectivity index (χ1n) is 4.68. The molecule has 1 aromatic heterocycles. The third-order valence-corrected chi connectivity index (χ3v) is 2.07. The van der Waals surface area contributed by atoms with Crippen molar-refractivity contribution in [3.63, 3.8) is 0 Å². The predicted octanol–water partition coefficient (Wildman–Crippen LogP) is 1.10. The SMILES string of the molecule is CN(C)C=C1COc2cccnc2C1=O. The Morgan fingerprint density at radius 3 is 3.07 bits per heavy atom. The average molecular weight is 204 g/mol. The van der Waals surface area contributed by atoms with Crippen molar-refractivity contribution in [3.8, 4) is 5.75 Å². The van der Waals surface area contributed by atoms with E-state index in [9.17, 15) is 4.79 Å². The van der Waals surface area contributed by atoms with Crippen LogP contribution in [0.5, 0.6) is 5.75 Å². The zero-order valence-corrected chi connectivity index (χ0v) is 8.73. The molecule has 0 amide bonds. The van der Waals surface area contributed by atoms with Crippen LogP contribution < -0.4 is 4.74 Å². The summed E-state index contributed by atoms with van der Waals surface area (Å²) in [4.78, 5) is 17.8. The number of ether oxygens (including phenoxy) is 1. The number of hydrogen-bond acceptors (Lipinski definition) is 4. The van der Waals surface area contributed by atoms with Crippen molar-refractivity contribution in [2.75, 3.05) is 20.7 Å². The third-order valence-electron chi connectivity index (χ3n) is 2.07. The molecule has 1 aliphatic heterocycles. The van der Waals surface area contributed by atoms with Gasteiger partial charge in [0.2, 0.25) is 5.78 Å². The molecule has 0 N–H and O–H groups in total. The number of carbonyl (C=O) groups is 1. The monoisotopic (exact) mass is 204 g/mol. The number of aromatic nitrogens is 1. The highest BCUT2D eigenvalue weighted by Gasteiger charge is 2.24. The van der Waals surface area contributed by atoms with Crippen LogP contribution >= 0.6 is 0 Å². The summed E-state index contributed by atoms with van der Waals surface area (Å²) in [7, 11) is 3.74. The summed E-state index contributed by atoms with van der Waals surface area (Å²) in [6.45, 7) is 0.315. The van der Waals surface area contributed by atoms with E-state index in [1.165, 1.54) is 0 Å². The smallest absolute Gasteiger partial charge is 0.216 e. The highest BCUT2D eigenvalue weighted by Crippen LogP contribution is 2.24. The molecule has 4 heteroatoms. The van der Waals surface area contributed by atoms with E-state index in [2.05, 4.69) is 4.98 Å². The van der Waals surface area contributed by atoms with Crippen LogP contribution in [0.15, 0.2) is 30.1 Å². The largest absolute Gasteiger partial charge is 0.486 e. The van der Waals surface area contributed by atoms with Gasteiger partial charge in [-0.25, -0.2) is 4.98 Å². The minimum Gasteiger partial charge on any atom is -0.486 e. The normalized spacial score (nSPS) is 17.2. The standard InChI is InChI=1S/C11H12N2O2/c1-13(2)6-8-7-15-9-4-3-5-12-10(9)11(8)14/h3-6H,7H2,1-2H3. The first-order chi connectivity index (χ1) is 7.18. The van der Waals surface area contributed by atoms with Crippen molar-refractivity contribution in [3.05, 3.63) is 35.8 Å². The van der Waals surface area contributed by atoms with Crippen molar-refractivity contribution in [1.82, 2.24) is 9.88 Å². The number of Topliss-reactive ketones (excluding diaryl/α,β-unsaturated/α-hetero) is 1. The van der Waals surface area contributed by atoms with Crippen LogP contribution in [0.2, 0.25) is 0 Å². The van der Waals surface area contributed by atoms with Gasteiger partial charge in [0.1, 0.15) is 12.4 Å². The Morgan fingerprint density at radius 2 is 2.33 bits per heavy atom. The molecule has 0 saturated heterocycles. The lowest BCUT2D eigenvalue weighted by atomic mass is 10.1. The molecule has 0 unspecified atom stereocenters. The quantitative estimate of drug-likeness (QED) is 0.642. The molecule has 0 fully saturated rings. The van der Waals surface area contributed by atoms with Gasteiger partial charge in [-0.15, -0.1) is 0 Å². The van der Waals surface area contributed by atoms with Crippen molar-refractivity contribution in [2.24, 2.45) is 0 Å². The van der Waals surface area contributed by atoms with Crippen molar-refractivity contribution < 1.29 is 9.53 Å². The van der Waals surface area contributed by atoms with Gasteiger partial charge in [0.05, 0.1) is 5.57 Å². The molecular weight excluding hydrogens is 192 g/mol. The topological polar surface area (TPSA) is 42.4 Å². The molecule has 0 radical (unpaired) electrons. The van der Waals surface area contributed by atoms with Gasteiger partial charge in [-0.3, -0.25) is 4.79 Å². The Hall–Kier alpha value is -1.84. The molecule has 1 aliphatic rings. The molecule has 0 aliphatic carbocycles. The first-order valence-corrected chi connectivity index (χ1v) is 4.68. The molecule has 1 aromatic rings. The molecule has 0 saturated carbocycles. The maximum atomic E-state index is 11.9. The van der Waals surface area contributed by atoms with Gasteiger partial charge in [0.15, 0.2) is 5.69 Å². The van der Waals surface area contributed by atoms with Crippen molar-refractivity contribution >= 4 is 5.78 Å². The summed E-state index contributed by atoms with van der Waals surface area (Å²) >= 11 is 0. The highest BCUT2D eigenvalue weighted by molar-refractivity contribution is 6.10. The Kier molecular flexibility index (Phi) is 2.41. The number of carbonyl (C=O) groups excluding carboxylic acids is 1. The van der Waals surface area contributed by atoms with Gasteiger partial charge in [-0.05, 0) is 12.1 Å². The second kappa shape index (κ2) is 3.73. The molecule has 0 spiro atoms.